The number of aryl methyl sites for hydroxylation is 1. The lowest BCUT2D eigenvalue weighted by Gasteiger charge is -2.24. The Hall–Kier alpha value is -0.740. The van der Waals surface area contributed by atoms with Crippen molar-refractivity contribution in [2.45, 2.75) is 17.2 Å². The molecule has 1 aliphatic rings. The third-order valence-electron chi connectivity index (χ3n) is 2.02. The number of thioether (sulfide) groups is 1. The molecule has 70 valence electrons. The van der Waals surface area contributed by atoms with Gasteiger partial charge in [0.15, 0.2) is 0 Å². The second-order valence-corrected chi connectivity index (χ2v) is 4.48. The maximum atomic E-state index is 5.67. The third kappa shape index (κ3) is 1.95. The maximum absolute atomic E-state index is 5.67. The van der Waals surface area contributed by atoms with Gasteiger partial charge in [0.25, 0.3) is 0 Å². The molecule has 0 radical (unpaired) electrons. The number of hydrogen-bond acceptors (Lipinski definition) is 4. The lowest BCUT2D eigenvalue weighted by Crippen LogP contribution is -2.30. The van der Waals surface area contributed by atoms with Gasteiger partial charge >= 0.3 is 0 Å². The Balaban J connectivity index is 2.07. The molecule has 0 unspecified atom stereocenters. The highest BCUT2D eigenvalue weighted by atomic mass is 32.2. The number of nitrogen functional groups attached to an aromatic ring is 1. The van der Waals surface area contributed by atoms with E-state index in [0.717, 1.165) is 29.5 Å². The number of anilines is 1. The van der Waals surface area contributed by atoms with Crippen LogP contribution in [0.25, 0.3) is 0 Å². The van der Waals surface area contributed by atoms with Crippen molar-refractivity contribution in [3.8, 4) is 0 Å². The zero-order chi connectivity index (χ0) is 9.26. The summed E-state index contributed by atoms with van der Waals surface area (Å²) in [5, 5.41) is 1.62. The van der Waals surface area contributed by atoms with Gasteiger partial charge in [-0.2, -0.15) is 0 Å². The number of pyridine rings is 1. The van der Waals surface area contributed by atoms with Gasteiger partial charge in [-0.15, -0.1) is 0 Å². The summed E-state index contributed by atoms with van der Waals surface area (Å²) in [6.07, 6.45) is 1.72. The van der Waals surface area contributed by atoms with Gasteiger partial charge in [0.2, 0.25) is 0 Å². The third-order valence-corrected chi connectivity index (χ3v) is 3.09. The fourth-order valence-electron chi connectivity index (χ4n) is 1.06. The highest BCUT2D eigenvalue weighted by Gasteiger charge is 2.20. The molecule has 4 heteroatoms. The van der Waals surface area contributed by atoms with E-state index in [9.17, 15) is 0 Å². The average Bonchev–Trinajstić information content (AvgIpc) is 2.04. The normalized spacial score (nSPS) is 17.0. The Morgan fingerprint density at radius 2 is 2.38 bits per heavy atom. The summed E-state index contributed by atoms with van der Waals surface area (Å²) in [4.78, 5) is 4.24. The van der Waals surface area contributed by atoms with Gasteiger partial charge in [-0.3, -0.25) is 0 Å². The van der Waals surface area contributed by atoms with E-state index < -0.39 is 0 Å². The quantitative estimate of drug-likeness (QED) is 0.778. The Morgan fingerprint density at radius 3 is 2.92 bits per heavy atom. The smallest absolute Gasteiger partial charge is 0.0968 e. The molecule has 0 bridgehead atoms. The zero-order valence-electron chi connectivity index (χ0n) is 7.49. The van der Waals surface area contributed by atoms with Crippen molar-refractivity contribution >= 4 is 17.4 Å². The first-order chi connectivity index (χ1) is 6.25. The Morgan fingerprint density at radius 1 is 1.62 bits per heavy atom. The van der Waals surface area contributed by atoms with E-state index in [0.29, 0.717) is 5.25 Å². The number of nitrogens with zero attached hydrogens (tertiary/aromatic N) is 1. The highest BCUT2D eigenvalue weighted by molar-refractivity contribution is 8.00. The molecule has 1 saturated heterocycles. The van der Waals surface area contributed by atoms with Crippen molar-refractivity contribution in [1.82, 2.24) is 4.98 Å². The van der Waals surface area contributed by atoms with Crippen LogP contribution in [0.4, 0.5) is 5.69 Å². The standard InChI is InChI=1S/C9H12N2OS/c1-6-2-9(11-3-8(6)10)13-7-4-12-5-7/h2-3,7H,4-5,10H2,1H3. The summed E-state index contributed by atoms with van der Waals surface area (Å²) in [7, 11) is 0. The lowest BCUT2D eigenvalue weighted by molar-refractivity contribution is 0.0454. The summed E-state index contributed by atoms with van der Waals surface area (Å²) in [5.74, 6) is 0. The van der Waals surface area contributed by atoms with Gasteiger partial charge in [-0.1, -0.05) is 11.8 Å². The molecule has 1 fully saturated rings. The second kappa shape index (κ2) is 3.55. The van der Waals surface area contributed by atoms with E-state index in [1.165, 1.54) is 0 Å². The van der Waals surface area contributed by atoms with Crippen LogP contribution in [-0.4, -0.2) is 23.4 Å². The van der Waals surface area contributed by atoms with E-state index in [-0.39, 0.29) is 0 Å². The van der Waals surface area contributed by atoms with Crippen molar-refractivity contribution in [3.05, 3.63) is 17.8 Å². The fraction of sp³-hybridized carbons (Fsp3) is 0.444. The molecular weight excluding hydrogens is 184 g/mol. The van der Waals surface area contributed by atoms with Gasteiger partial charge in [-0.05, 0) is 18.6 Å². The lowest BCUT2D eigenvalue weighted by atomic mass is 10.3. The van der Waals surface area contributed by atoms with Crippen LogP contribution in [0.15, 0.2) is 17.3 Å². The molecule has 0 atom stereocenters. The van der Waals surface area contributed by atoms with Gasteiger partial charge in [-0.25, -0.2) is 4.98 Å². The van der Waals surface area contributed by atoms with Crippen LogP contribution in [0.1, 0.15) is 5.56 Å². The van der Waals surface area contributed by atoms with Gasteiger partial charge in [0.1, 0.15) is 0 Å². The van der Waals surface area contributed by atoms with Gasteiger partial charge in [0, 0.05) is 0 Å². The molecule has 0 spiro atoms. The van der Waals surface area contributed by atoms with Crippen LogP contribution >= 0.6 is 11.8 Å². The Kier molecular flexibility index (Phi) is 2.42. The summed E-state index contributed by atoms with van der Waals surface area (Å²) in [5.41, 5.74) is 7.52. The van der Waals surface area contributed by atoms with Gasteiger partial charge < -0.3 is 10.5 Å². The maximum Gasteiger partial charge on any atom is 0.0968 e. The number of ether oxygens (including phenoxy) is 1. The molecule has 1 aromatic rings. The summed E-state index contributed by atoms with van der Waals surface area (Å²) < 4.78 is 5.09. The number of rotatable bonds is 2. The number of aromatic nitrogens is 1. The molecular formula is C9H12N2OS. The molecule has 3 nitrogen and oxygen atoms in total. The van der Waals surface area contributed by atoms with Crippen molar-refractivity contribution in [3.63, 3.8) is 0 Å². The fourth-order valence-corrected chi connectivity index (χ4v) is 2.09. The van der Waals surface area contributed by atoms with E-state index >= 15 is 0 Å². The second-order valence-electron chi connectivity index (χ2n) is 3.16. The first kappa shape index (κ1) is 8.84. The van der Waals surface area contributed by atoms with Crippen LogP contribution in [0.3, 0.4) is 0 Å². The minimum Gasteiger partial charge on any atom is -0.397 e. The van der Waals surface area contributed by atoms with E-state index in [1.807, 2.05) is 13.0 Å². The van der Waals surface area contributed by atoms with Crippen molar-refractivity contribution in [2.75, 3.05) is 18.9 Å². The summed E-state index contributed by atoms with van der Waals surface area (Å²) >= 11 is 1.76. The largest absolute Gasteiger partial charge is 0.397 e. The number of nitrogens with two attached hydrogens (primary N) is 1. The Labute approximate surface area is 81.7 Å². The van der Waals surface area contributed by atoms with Crippen LogP contribution in [0.2, 0.25) is 0 Å². The van der Waals surface area contributed by atoms with Crippen LogP contribution in [0.5, 0.6) is 0 Å². The molecule has 0 saturated carbocycles. The molecule has 1 aliphatic heterocycles. The minimum absolute atomic E-state index is 0.579. The van der Waals surface area contributed by atoms with Crippen LogP contribution in [0, 0.1) is 6.92 Å². The highest BCUT2D eigenvalue weighted by Crippen LogP contribution is 2.27. The van der Waals surface area contributed by atoms with Crippen molar-refractivity contribution in [2.24, 2.45) is 0 Å². The minimum atomic E-state index is 0.579. The van der Waals surface area contributed by atoms with Crippen molar-refractivity contribution < 1.29 is 4.74 Å². The molecule has 2 heterocycles. The van der Waals surface area contributed by atoms with Gasteiger partial charge in [0.05, 0.1) is 35.4 Å². The molecule has 2 N–H and O–H groups in total. The molecule has 2 rings (SSSR count). The Bertz CT molecular complexity index is 312. The monoisotopic (exact) mass is 196 g/mol. The topological polar surface area (TPSA) is 48.1 Å². The molecule has 0 aliphatic carbocycles. The average molecular weight is 196 g/mol. The molecule has 13 heavy (non-hydrogen) atoms. The van der Waals surface area contributed by atoms with Crippen molar-refractivity contribution in [1.29, 1.82) is 0 Å². The summed E-state index contributed by atoms with van der Waals surface area (Å²) in [6, 6.07) is 2.03. The molecule has 0 amide bonds. The van der Waals surface area contributed by atoms with E-state index in [1.54, 1.807) is 18.0 Å². The SMILES string of the molecule is Cc1cc(SC2COC2)ncc1N. The van der Waals surface area contributed by atoms with Crippen LogP contribution < -0.4 is 5.73 Å². The first-order valence-electron chi connectivity index (χ1n) is 4.22. The first-order valence-corrected chi connectivity index (χ1v) is 5.10. The summed E-state index contributed by atoms with van der Waals surface area (Å²) in [6.45, 7) is 3.68. The van der Waals surface area contributed by atoms with E-state index in [2.05, 4.69) is 4.98 Å². The zero-order valence-corrected chi connectivity index (χ0v) is 8.30. The molecule has 0 aromatic carbocycles. The predicted octanol–water partition coefficient (Wildman–Crippen LogP) is 1.46. The predicted molar refractivity (Wildman–Crippen MR) is 53.9 cm³/mol. The van der Waals surface area contributed by atoms with E-state index in [4.69, 9.17) is 10.5 Å². The number of hydrogen-bond donors (Lipinski definition) is 1. The molecule has 1 aromatic heterocycles. The van der Waals surface area contributed by atoms with Crippen LogP contribution in [-0.2, 0) is 4.74 Å².